The average Bonchev–Trinajstić information content (AvgIpc) is 3.80. The standard InChI is InChI=1S/C37H36N5O18P3/c1-51-24-11-6-13-26(16-24)54-36(43)57-31-29(18-53-62(47,48)60-63(49,50)59-61(45,46)19-23-10-5-9-22-8-3-4-15-28(22)23)56-35(42-21-41-30-33(38)39-20-40-34(30)42)32(31)58-37(44)55-27-14-7-12-25(17-27)52-2/h3-17,20-21,29,31-32,35H,18-19H2,1-2H3,(H,45,46)(H,47,48)(H,49,50)(H2,38,39,40)/p-3/t29-,31+,32?,35-/m1/s1. The second-order valence-electron chi connectivity index (χ2n) is 13.1. The Morgan fingerprint density at radius 3 is 2.02 bits per heavy atom. The van der Waals surface area contributed by atoms with Crippen molar-refractivity contribution in [2.75, 3.05) is 26.6 Å². The summed E-state index contributed by atoms with van der Waals surface area (Å²) in [6, 6.07) is 22.9. The van der Waals surface area contributed by atoms with E-state index in [0.29, 0.717) is 22.3 Å². The summed E-state index contributed by atoms with van der Waals surface area (Å²) >= 11 is 0. The Hall–Kier alpha value is -5.96. The Bertz CT molecular complexity index is 2790. The first-order valence-electron chi connectivity index (χ1n) is 18.1. The minimum Gasteiger partial charge on any atom is -0.778 e. The zero-order valence-electron chi connectivity index (χ0n) is 32.6. The fourth-order valence-electron chi connectivity index (χ4n) is 6.33. The Morgan fingerprint density at radius 1 is 0.746 bits per heavy atom. The molecule has 0 radical (unpaired) electrons. The summed E-state index contributed by atoms with van der Waals surface area (Å²) in [6.45, 7) is -1.24. The second kappa shape index (κ2) is 18.8. The molecule has 4 unspecified atom stereocenters. The lowest BCUT2D eigenvalue weighted by Crippen LogP contribution is -2.42. The van der Waals surface area contributed by atoms with Crippen LogP contribution in [-0.4, -0.2) is 71.0 Å². The lowest BCUT2D eigenvalue weighted by atomic mass is 10.1. The fraction of sp³-hybridized carbons (Fsp3) is 0.216. The minimum absolute atomic E-state index is 0.00523. The third-order valence-electron chi connectivity index (χ3n) is 8.96. The average molecular weight is 929 g/mol. The molecule has 0 aliphatic carbocycles. The molecule has 1 saturated heterocycles. The first-order valence-corrected chi connectivity index (χ1v) is 22.8. The smallest absolute Gasteiger partial charge is 0.514 e. The Balaban J connectivity index is 1.15. The first kappa shape index (κ1) is 45.1. The molecule has 7 rings (SSSR count). The lowest BCUT2D eigenvalue weighted by molar-refractivity contribution is -0.246. The van der Waals surface area contributed by atoms with Gasteiger partial charge in [0.15, 0.2) is 29.9 Å². The van der Waals surface area contributed by atoms with Gasteiger partial charge in [-0.25, -0.2) is 28.9 Å². The van der Waals surface area contributed by atoms with Gasteiger partial charge in [-0.1, -0.05) is 54.6 Å². The number of imidazole rings is 1. The van der Waals surface area contributed by atoms with Gasteiger partial charge in [0.2, 0.25) is 0 Å². The van der Waals surface area contributed by atoms with E-state index in [4.69, 9.17) is 43.4 Å². The van der Waals surface area contributed by atoms with Crippen LogP contribution >= 0.6 is 23.2 Å². The molecule has 332 valence electrons. The molecule has 4 aromatic carbocycles. The minimum atomic E-state index is -6.25. The van der Waals surface area contributed by atoms with Gasteiger partial charge in [-0.15, -0.1) is 0 Å². The Kier molecular flexibility index (Phi) is 13.4. The summed E-state index contributed by atoms with van der Waals surface area (Å²) in [6.07, 6.45) is -8.71. The topological polar surface area (TPSA) is 316 Å². The fourth-order valence-corrected chi connectivity index (χ4v) is 10.4. The zero-order valence-corrected chi connectivity index (χ0v) is 35.3. The predicted octanol–water partition coefficient (Wildman–Crippen LogP) is 4.38. The second-order valence-corrected chi connectivity index (χ2v) is 18.0. The number of fused-ring (bicyclic) bond motifs is 2. The summed E-state index contributed by atoms with van der Waals surface area (Å²) in [5.41, 5.74) is 6.18. The molecule has 0 amide bonds. The Morgan fingerprint density at radius 2 is 1.35 bits per heavy atom. The van der Waals surface area contributed by atoms with Crippen LogP contribution in [0.3, 0.4) is 0 Å². The summed E-state index contributed by atoms with van der Waals surface area (Å²) < 4.78 is 91.4. The maximum absolute atomic E-state index is 13.4. The van der Waals surface area contributed by atoms with Gasteiger partial charge in [0.05, 0.1) is 27.2 Å². The summed E-state index contributed by atoms with van der Waals surface area (Å²) in [5.74, 6) is 0.396. The van der Waals surface area contributed by atoms with Gasteiger partial charge in [0.1, 0.15) is 48.5 Å². The maximum Gasteiger partial charge on any atom is 0.514 e. The number of nitrogen functional groups attached to an aromatic ring is 1. The molecule has 7 atom stereocenters. The van der Waals surface area contributed by atoms with Crippen LogP contribution in [0.4, 0.5) is 15.4 Å². The van der Waals surface area contributed by atoms with Crippen molar-refractivity contribution in [1.82, 2.24) is 19.5 Å². The van der Waals surface area contributed by atoms with Crippen LogP contribution in [0.25, 0.3) is 21.9 Å². The summed E-state index contributed by atoms with van der Waals surface area (Å²) in [4.78, 5) is 77.7. The number of anilines is 1. The van der Waals surface area contributed by atoms with Crippen LogP contribution in [0.15, 0.2) is 104 Å². The maximum atomic E-state index is 13.4. The van der Waals surface area contributed by atoms with Crippen LogP contribution in [0.2, 0.25) is 0 Å². The van der Waals surface area contributed by atoms with E-state index in [2.05, 4.69) is 23.6 Å². The van der Waals surface area contributed by atoms with Crippen LogP contribution < -0.4 is 39.4 Å². The number of carbonyl (C=O) groups is 2. The van der Waals surface area contributed by atoms with Gasteiger partial charge < -0.3 is 62.7 Å². The molecule has 63 heavy (non-hydrogen) atoms. The summed E-state index contributed by atoms with van der Waals surface area (Å²) in [5, 5.41) is 1.11. The molecule has 0 bridgehead atoms. The van der Waals surface area contributed by atoms with E-state index in [1.807, 2.05) is 0 Å². The lowest BCUT2D eigenvalue weighted by Gasteiger charge is -2.35. The molecule has 1 aliphatic rings. The van der Waals surface area contributed by atoms with Crippen molar-refractivity contribution in [3.8, 4) is 23.0 Å². The molecule has 0 spiro atoms. The highest BCUT2D eigenvalue weighted by molar-refractivity contribution is 7.66. The largest absolute Gasteiger partial charge is 0.778 e. The third kappa shape index (κ3) is 11.2. The molecule has 2 N–H and O–H groups in total. The van der Waals surface area contributed by atoms with E-state index in [9.17, 15) is 38.0 Å². The number of methoxy groups -OCH3 is 2. The van der Waals surface area contributed by atoms with Crippen molar-refractivity contribution < 1.29 is 84.3 Å². The van der Waals surface area contributed by atoms with Crippen LogP contribution in [0.5, 0.6) is 23.0 Å². The number of aromatic nitrogens is 4. The number of ether oxygens (including phenoxy) is 7. The van der Waals surface area contributed by atoms with E-state index in [1.165, 1.54) is 67.3 Å². The number of phosphoric acid groups is 2. The van der Waals surface area contributed by atoms with Crippen LogP contribution in [-0.2, 0) is 47.2 Å². The number of phosphoric ester groups is 1. The van der Waals surface area contributed by atoms with Gasteiger partial charge in [0.25, 0.3) is 15.6 Å². The SMILES string of the molecule is COc1cccc(OC(=O)OC2[C@@H](OC(=O)Oc3cccc(OC)c3)[C@@H](COP(=O)([O-])OP(=O)([O-])OP(=O)([O-])Cc3cccc4ccccc34)O[C@H]2n2cnc3c(N)ncnc32)c1. The van der Waals surface area contributed by atoms with Crippen LogP contribution in [0.1, 0.15) is 11.8 Å². The number of benzene rings is 4. The van der Waals surface area contributed by atoms with Gasteiger partial charge >= 0.3 is 12.3 Å². The van der Waals surface area contributed by atoms with Gasteiger partial charge in [-0.2, -0.15) is 0 Å². The molecular weight excluding hydrogens is 895 g/mol. The first-order chi connectivity index (χ1) is 30.0. The quantitative estimate of drug-likeness (QED) is 0.0799. The molecule has 3 heterocycles. The molecule has 2 aromatic heterocycles. The zero-order chi connectivity index (χ0) is 44.9. The van der Waals surface area contributed by atoms with E-state index in [0.717, 1.165) is 12.7 Å². The molecule has 26 heteroatoms. The summed E-state index contributed by atoms with van der Waals surface area (Å²) in [7, 11) is -15.0. The highest BCUT2D eigenvalue weighted by Gasteiger charge is 2.52. The highest BCUT2D eigenvalue weighted by Crippen LogP contribution is 2.63. The van der Waals surface area contributed by atoms with Crippen molar-refractivity contribution >= 4 is 63.3 Å². The molecule has 0 saturated carbocycles. The molecule has 1 fully saturated rings. The van der Waals surface area contributed by atoms with E-state index in [1.54, 1.807) is 42.5 Å². The molecule has 6 aromatic rings. The number of nitrogens with two attached hydrogens (primary N) is 1. The molecule has 1 aliphatic heterocycles. The van der Waals surface area contributed by atoms with Gasteiger partial charge in [-0.3, -0.25) is 18.0 Å². The van der Waals surface area contributed by atoms with E-state index in [-0.39, 0.29) is 34.0 Å². The monoisotopic (exact) mass is 928 g/mol. The van der Waals surface area contributed by atoms with E-state index < -0.39 is 72.9 Å². The Labute approximate surface area is 355 Å². The van der Waals surface area contributed by atoms with Crippen molar-refractivity contribution in [3.63, 3.8) is 0 Å². The number of rotatable bonds is 16. The number of hydrogen-bond donors (Lipinski definition) is 1. The van der Waals surface area contributed by atoms with E-state index >= 15 is 0 Å². The number of hydrogen-bond acceptors (Lipinski definition) is 22. The van der Waals surface area contributed by atoms with Crippen molar-refractivity contribution in [2.45, 2.75) is 30.7 Å². The highest BCUT2D eigenvalue weighted by atomic mass is 31.3. The van der Waals surface area contributed by atoms with Gasteiger partial charge in [-0.05, 0) is 40.6 Å². The van der Waals surface area contributed by atoms with Crippen molar-refractivity contribution in [2.24, 2.45) is 0 Å². The van der Waals surface area contributed by atoms with Gasteiger partial charge in [0, 0.05) is 18.3 Å². The predicted molar refractivity (Wildman–Crippen MR) is 210 cm³/mol. The number of carbonyl (C=O) groups excluding carboxylic acids is 2. The normalized spacial score (nSPS) is 20.2. The molecule has 23 nitrogen and oxygen atoms in total. The number of nitrogens with zero attached hydrogens (tertiary/aromatic N) is 4. The van der Waals surface area contributed by atoms with Crippen molar-refractivity contribution in [3.05, 3.63) is 109 Å². The van der Waals surface area contributed by atoms with Crippen LogP contribution in [0, 0.1) is 0 Å². The third-order valence-corrected chi connectivity index (χ3v) is 13.5. The molecular formula is C37H33N5O18P3-3. The van der Waals surface area contributed by atoms with Crippen molar-refractivity contribution in [1.29, 1.82) is 0 Å².